The highest BCUT2D eigenvalue weighted by Crippen LogP contribution is 2.26. The van der Waals surface area contributed by atoms with Crippen LogP contribution in [0.5, 0.6) is 0 Å². The van der Waals surface area contributed by atoms with E-state index < -0.39 is 5.97 Å². The third kappa shape index (κ3) is 2.17. The van der Waals surface area contributed by atoms with Gasteiger partial charge in [-0.05, 0) is 19.4 Å². The number of anilines is 1. The van der Waals surface area contributed by atoms with Crippen LogP contribution in [-0.4, -0.2) is 25.9 Å². The Kier molecular flexibility index (Phi) is 2.98. The summed E-state index contributed by atoms with van der Waals surface area (Å²) in [6, 6.07) is 1.62. The normalized spacial score (nSPS) is 11.0. The zero-order chi connectivity index (χ0) is 15.1. The Morgan fingerprint density at radius 3 is 2.86 bits per heavy atom. The highest BCUT2D eigenvalue weighted by molar-refractivity contribution is 7.20. The molecule has 3 aromatic heterocycles. The maximum Gasteiger partial charge on any atom is 0.346 e. The summed E-state index contributed by atoms with van der Waals surface area (Å²) in [6.07, 6.45) is 1.29. The van der Waals surface area contributed by atoms with Crippen molar-refractivity contribution < 1.29 is 14.4 Å². The summed E-state index contributed by atoms with van der Waals surface area (Å²) < 4.78 is 6.04. The van der Waals surface area contributed by atoms with Crippen LogP contribution in [0.4, 0.5) is 5.82 Å². The van der Waals surface area contributed by atoms with Gasteiger partial charge < -0.3 is 9.63 Å². The number of aryl methyl sites for hydroxylation is 2. The number of rotatable bonds is 3. The fraction of sp³-hybridized carbons (Fsp3) is 0.167. The maximum atomic E-state index is 12.4. The molecule has 108 valence electrons. The average molecular weight is 306 g/mol. The van der Waals surface area contributed by atoms with Crippen molar-refractivity contribution in [2.24, 2.45) is 0 Å². The van der Waals surface area contributed by atoms with Crippen LogP contribution in [-0.2, 0) is 0 Å². The second-order valence-electron chi connectivity index (χ2n) is 4.40. The number of nitrogens with one attached hydrogen (secondary N) is 1. The van der Waals surface area contributed by atoms with Crippen LogP contribution < -0.4 is 11.0 Å². The molecular formula is C12H10N4O4S. The highest BCUT2D eigenvalue weighted by atomic mass is 32.1. The summed E-state index contributed by atoms with van der Waals surface area (Å²) in [6.45, 7) is 3.32. The second kappa shape index (κ2) is 4.70. The number of fused-ring (bicyclic) bond motifs is 1. The molecule has 0 atom stereocenters. The summed E-state index contributed by atoms with van der Waals surface area (Å²) in [5.74, 6) is -0.108. The third-order valence-electron chi connectivity index (χ3n) is 2.91. The number of nitrogens with zero attached hydrogens (tertiary/aromatic N) is 3. The van der Waals surface area contributed by atoms with Gasteiger partial charge in [-0.2, -0.15) is 0 Å². The van der Waals surface area contributed by atoms with E-state index in [4.69, 9.17) is 9.63 Å². The van der Waals surface area contributed by atoms with E-state index in [1.165, 1.54) is 6.33 Å². The quantitative estimate of drug-likeness (QED) is 0.756. The average Bonchev–Trinajstić information content (AvgIpc) is 2.97. The summed E-state index contributed by atoms with van der Waals surface area (Å²) in [7, 11) is 0. The number of hydrogen-bond acceptors (Lipinski definition) is 7. The molecule has 0 saturated carbocycles. The highest BCUT2D eigenvalue weighted by Gasteiger charge is 2.18. The lowest BCUT2D eigenvalue weighted by Crippen LogP contribution is -2.26. The Morgan fingerprint density at radius 2 is 2.24 bits per heavy atom. The van der Waals surface area contributed by atoms with Crippen molar-refractivity contribution >= 4 is 33.3 Å². The molecular weight excluding hydrogens is 296 g/mol. The van der Waals surface area contributed by atoms with E-state index >= 15 is 0 Å². The van der Waals surface area contributed by atoms with Crippen molar-refractivity contribution in [3.63, 3.8) is 0 Å². The molecule has 0 aliphatic heterocycles. The van der Waals surface area contributed by atoms with Gasteiger partial charge in [0.25, 0.3) is 5.56 Å². The molecule has 0 amide bonds. The van der Waals surface area contributed by atoms with Crippen LogP contribution in [0.3, 0.4) is 0 Å². The van der Waals surface area contributed by atoms with Gasteiger partial charge in [-0.1, -0.05) is 5.16 Å². The minimum atomic E-state index is -1.07. The van der Waals surface area contributed by atoms with Crippen molar-refractivity contribution in [3.8, 4) is 0 Å². The van der Waals surface area contributed by atoms with E-state index in [1.807, 2.05) is 0 Å². The molecule has 3 rings (SSSR count). The minimum Gasteiger partial charge on any atom is -0.477 e. The zero-order valence-corrected chi connectivity index (χ0v) is 11.9. The van der Waals surface area contributed by atoms with E-state index in [2.05, 4.69) is 15.6 Å². The number of carboxylic acid groups (broad SMARTS) is 1. The van der Waals surface area contributed by atoms with E-state index in [9.17, 15) is 9.59 Å². The molecule has 0 fully saturated rings. The number of carboxylic acids is 1. The van der Waals surface area contributed by atoms with Crippen molar-refractivity contribution in [1.82, 2.24) is 14.8 Å². The summed E-state index contributed by atoms with van der Waals surface area (Å²) in [5.41, 5.74) is 2.77. The fourth-order valence-electron chi connectivity index (χ4n) is 1.95. The molecule has 0 aromatic carbocycles. The second-order valence-corrected chi connectivity index (χ2v) is 5.39. The van der Waals surface area contributed by atoms with Crippen LogP contribution in [0, 0.1) is 13.8 Å². The van der Waals surface area contributed by atoms with Crippen LogP contribution in [0.25, 0.3) is 10.2 Å². The fourth-order valence-corrected chi connectivity index (χ4v) is 2.93. The van der Waals surface area contributed by atoms with Crippen molar-refractivity contribution in [3.05, 3.63) is 38.9 Å². The van der Waals surface area contributed by atoms with Crippen LogP contribution in [0.15, 0.2) is 21.7 Å². The molecule has 0 saturated heterocycles. The molecule has 21 heavy (non-hydrogen) atoms. The summed E-state index contributed by atoms with van der Waals surface area (Å²) in [5, 5.41) is 13.1. The van der Waals surface area contributed by atoms with Crippen molar-refractivity contribution in [1.29, 1.82) is 0 Å². The lowest BCUT2D eigenvalue weighted by Gasteiger charge is -2.04. The standard InChI is InChI=1S/C12H10N4O4S/c1-5-3-7(15-20-5)14-16-4-13-10-8(11(16)17)6(2)9(21-10)12(18)19/h3-4H,1-2H3,(H,14,15)(H,18,19). The van der Waals surface area contributed by atoms with Crippen LogP contribution in [0.2, 0.25) is 0 Å². The summed E-state index contributed by atoms with van der Waals surface area (Å²) in [4.78, 5) is 28.1. The van der Waals surface area contributed by atoms with Gasteiger partial charge in [-0.15, -0.1) is 11.3 Å². The molecule has 3 heterocycles. The lowest BCUT2D eigenvalue weighted by molar-refractivity contribution is 0.0701. The predicted octanol–water partition coefficient (Wildman–Crippen LogP) is 1.64. The Bertz CT molecular complexity index is 908. The van der Waals surface area contributed by atoms with Crippen LogP contribution >= 0.6 is 11.3 Å². The molecule has 8 nitrogen and oxygen atoms in total. The van der Waals surface area contributed by atoms with Crippen molar-refractivity contribution in [2.75, 3.05) is 5.43 Å². The van der Waals surface area contributed by atoms with Gasteiger partial charge in [0.05, 0.1) is 5.39 Å². The molecule has 2 N–H and O–H groups in total. The monoisotopic (exact) mass is 306 g/mol. The van der Waals surface area contributed by atoms with Gasteiger partial charge >= 0.3 is 5.97 Å². The number of thiophene rings is 1. The van der Waals surface area contributed by atoms with Gasteiger partial charge in [-0.3, -0.25) is 10.2 Å². The van der Waals surface area contributed by atoms with E-state index in [-0.39, 0.29) is 15.8 Å². The predicted molar refractivity (Wildman–Crippen MR) is 75.8 cm³/mol. The molecule has 0 aliphatic carbocycles. The first-order valence-corrected chi connectivity index (χ1v) is 6.73. The molecule has 0 spiro atoms. The van der Waals surface area contributed by atoms with Crippen molar-refractivity contribution in [2.45, 2.75) is 13.8 Å². The smallest absolute Gasteiger partial charge is 0.346 e. The van der Waals surface area contributed by atoms with Gasteiger partial charge in [0.2, 0.25) is 0 Å². The first-order chi connectivity index (χ1) is 9.97. The molecule has 0 unspecified atom stereocenters. The molecule has 0 radical (unpaired) electrons. The SMILES string of the molecule is Cc1cc(Nn2cnc3sc(C(=O)O)c(C)c3c2=O)no1. The summed E-state index contributed by atoms with van der Waals surface area (Å²) >= 11 is 0.979. The van der Waals surface area contributed by atoms with E-state index in [0.29, 0.717) is 22.0 Å². The first kappa shape index (κ1) is 13.3. The first-order valence-electron chi connectivity index (χ1n) is 5.91. The molecule has 9 heteroatoms. The Labute approximate surface area is 121 Å². The van der Waals surface area contributed by atoms with Crippen LogP contribution in [0.1, 0.15) is 21.0 Å². The number of aromatic nitrogens is 3. The zero-order valence-electron chi connectivity index (χ0n) is 11.1. The number of carbonyl (C=O) groups is 1. The molecule has 3 aromatic rings. The van der Waals surface area contributed by atoms with Gasteiger partial charge in [0, 0.05) is 6.07 Å². The Morgan fingerprint density at radius 1 is 1.48 bits per heavy atom. The minimum absolute atomic E-state index is 0.115. The van der Waals surface area contributed by atoms with Gasteiger partial charge in [0.1, 0.15) is 21.8 Å². The number of hydrogen-bond donors (Lipinski definition) is 2. The molecule has 0 bridgehead atoms. The Hall–Kier alpha value is -2.68. The molecule has 0 aliphatic rings. The topological polar surface area (TPSA) is 110 Å². The lowest BCUT2D eigenvalue weighted by atomic mass is 10.2. The van der Waals surface area contributed by atoms with Gasteiger partial charge in [-0.25, -0.2) is 14.5 Å². The Balaban J connectivity index is 2.13. The van der Waals surface area contributed by atoms with E-state index in [0.717, 1.165) is 16.0 Å². The number of aromatic carboxylic acids is 1. The third-order valence-corrected chi connectivity index (χ3v) is 4.10. The largest absolute Gasteiger partial charge is 0.477 e. The van der Waals surface area contributed by atoms with Gasteiger partial charge in [0.15, 0.2) is 5.82 Å². The van der Waals surface area contributed by atoms with E-state index in [1.54, 1.807) is 19.9 Å². The maximum absolute atomic E-state index is 12.4.